The molecule has 3 rings (SSSR count). The number of fused-ring (bicyclic) bond motifs is 1. The van der Waals surface area contributed by atoms with Gasteiger partial charge in [-0.3, -0.25) is 4.98 Å². The number of ether oxygens (including phenoxy) is 3. The minimum Gasteiger partial charge on any atom is -0.497 e. The maximum Gasteiger partial charge on any atom is 0.229 e. The highest BCUT2D eigenvalue weighted by Gasteiger charge is 2.44. The number of hydrogen-bond donors (Lipinski definition) is 4. The van der Waals surface area contributed by atoms with Gasteiger partial charge in [0.1, 0.15) is 35.9 Å². The Morgan fingerprint density at radius 3 is 2.62 bits per heavy atom. The number of rotatable bonds is 4. The van der Waals surface area contributed by atoms with Gasteiger partial charge in [-0.25, -0.2) is 0 Å². The Kier molecular flexibility index (Phi) is 4.83. The molecule has 1 aliphatic heterocycles. The van der Waals surface area contributed by atoms with Crippen LogP contribution in [0.5, 0.6) is 11.5 Å². The van der Waals surface area contributed by atoms with Crippen LogP contribution in [0, 0.1) is 0 Å². The molecule has 8 heteroatoms. The summed E-state index contributed by atoms with van der Waals surface area (Å²) in [6.45, 7) is -0.515. The second-order valence-corrected chi connectivity index (χ2v) is 5.51. The second kappa shape index (κ2) is 6.88. The van der Waals surface area contributed by atoms with Crippen LogP contribution in [0.15, 0.2) is 30.5 Å². The van der Waals surface area contributed by atoms with Crippen LogP contribution in [0.3, 0.4) is 0 Å². The van der Waals surface area contributed by atoms with E-state index in [4.69, 9.17) is 14.2 Å². The van der Waals surface area contributed by atoms with E-state index in [0.29, 0.717) is 22.4 Å². The van der Waals surface area contributed by atoms with E-state index in [1.165, 1.54) is 6.20 Å². The summed E-state index contributed by atoms with van der Waals surface area (Å²) in [7, 11) is 1.55. The standard InChI is InChI=1S/C16H19NO7/c1-22-8-2-3-9-10(6-8)17-5-4-11(9)23-16-15(21)14(20)13(19)12(7-18)24-16/h2-6,12-16,18-21H,7H2,1H3/t12-,13-,14+,15-,16-/m1/s1. The van der Waals surface area contributed by atoms with Gasteiger partial charge in [0.05, 0.1) is 19.2 Å². The fraction of sp³-hybridized carbons (Fsp3) is 0.438. The Morgan fingerprint density at radius 2 is 1.92 bits per heavy atom. The van der Waals surface area contributed by atoms with E-state index in [-0.39, 0.29) is 0 Å². The summed E-state index contributed by atoms with van der Waals surface area (Å²) in [6, 6.07) is 6.82. The molecule has 0 amide bonds. The first-order valence-corrected chi connectivity index (χ1v) is 7.45. The monoisotopic (exact) mass is 337 g/mol. The van der Waals surface area contributed by atoms with Crippen LogP contribution in [0.25, 0.3) is 10.9 Å². The Labute approximate surface area is 137 Å². The van der Waals surface area contributed by atoms with Crippen molar-refractivity contribution in [3.8, 4) is 11.5 Å². The molecule has 4 N–H and O–H groups in total. The van der Waals surface area contributed by atoms with Crippen molar-refractivity contribution in [2.45, 2.75) is 30.7 Å². The predicted molar refractivity (Wildman–Crippen MR) is 82.7 cm³/mol. The fourth-order valence-electron chi connectivity index (χ4n) is 2.62. The van der Waals surface area contributed by atoms with E-state index in [0.717, 1.165) is 0 Å². The maximum atomic E-state index is 10.1. The van der Waals surface area contributed by atoms with Gasteiger partial charge in [-0.05, 0) is 18.2 Å². The molecule has 2 aromatic rings. The highest BCUT2D eigenvalue weighted by Crippen LogP contribution is 2.30. The number of benzene rings is 1. The van der Waals surface area contributed by atoms with Gasteiger partial charge in [-0.1, -0.05) is 0 Å². The van der Waals surface area contributed by atoms with Crippen LogP contribution in [0.4, 0.5) is 0 Å². The Hall–Kier alpha value is -1.97. The smallest absolute Gasteiger partial charge is 0.229 e. The number of pyridine rings is 1. The normalized spacial score (nSPS) is 30.3. The molecule has 5 atom stereocenters. The number of aliphatic hydroxyl groups is 4. The molecular weight excluding hydrogens is 318 g/mol. The van der Waals surface area contributed by atoms with Crippen molar-refractivity contribution in [2.75, 3.05) is 13.7 Å². The van der Waals surface area contributed by atoms with Crippen molar-refractivity contribution >= 4 is 10.9 Å². The molecule has 1 saturated heterocycles. The third kappa shape index (κ3) is 3.02. The summed E-state index contributed by atoms with van der Waals surface area (Å²) >= 11 is 0. The minimum absolute atomic E-state index is 0.381. The highest BCUT2D eigenvalue weighted by molar-refractivity contribution is 5.85. The lowest BCUT2D eigenvalue weighted by Gasteiger charge is -2.39. The molecule has 0 bridgehead atoms. The zero-order valence-corrected chi connectivity index (χ0v) is 12.9. The van der Waals surface area contributed by atoms with Crippen LogP contribution >= 0.6 is 0 Å². The first-order valence-electron chi connectivity index (χ1n) is 7.45. The van der Waals surface area contributed by atoms with Crippen LogP contribution in [-0.2, 0) is 4.74 Å². The van der Waals surface area contributed by atoms with Gasteiger partial charge < -0.3 is 34.6 Å². The van der Waals surface area contributed by atoms with Crippen molar-refractivity contribution in [1.82, 2.24) is 4.98 Å². The summed E-state index contributed by atoms with van der Waals surface area (Å²) in [5.41, 5.74) is 0.622. The lowest BCUT2D eigenvalue weighted by atomic mass is 9.99. The zero-order chi connectivity index (χ0) is 17.3. The van der Waals surface area contributed by atoms with E-state index in [1.807, 2.05) is 0 Å². The average Bonchev–Trinajstić information content (AvgIpc) is 2.61. The van der Waals surface area contributed by atoms with Gasteiger partial charge in [-0.2, -0.15) is 0 Å². The average molecular weight is 337 g/mol. The Morgan fingerprint density at radius 1 is 1.12 bits per heavy atom. The van der Waals surface area contributed by atoms with Gasteiger partial charge in [0.15, 0.2) is 0 Å². The fourth-order valence-corrected chi connectivity index (χ4v) is 2.62. The largest absolute Gasteiger partial charge is 0.497 e. The van der Waals surface area contributed by atoms with E-state index in [2.05, 4.69) is 4.98 Å². The third-order valence-electron chi connectivity index (χ3n) is 4.00. The number of nitrogens with zero attached hydrogens (tertiary/aromatic N) is 1. The van der Waals surface area contributed by atoms with Crippen molar-refractivity contribution < 1.29 is 34.6 Å². The molecule has 0 saturated carbocycles. The minimum atomic E-state index is -1.49. The Bertz CT molecular complexity index is 708. The molecule has 2 heterocycles. The molecule has 24 heavy (non-hydrogen) atoms. The van der Waals surface area contributed by atoms with Gasteiger partial charge in [0, 0.05) is 17.6 Å². The third-order valence-corrected chi connectivity index (χ3v) is 4.00. The molecule has 0 unspecified atom stereocenters. The van der Waals surface area contributed by atoms with E-state index >= 15 is 0 Å². The molecular formula is C16H19NO7. The van der Waals surface area contributed by atoms with E-state index in [9.17, 15) is 20.4 Å². The zero-order valence-electron chi connectivity index (χ0n) is 12.9. The number of hydrogen-bond acceptors (Lipinski definition) is 8. The topological polar surface area (TPSA) is 122 Å². The van der Waals surface area contributed by atoms with Gasteiger partial charge >= 0.3 is 0 Å². The first-order chi connectivity index (χ1) is 11.5. The van der Waals surface area contributed by atoms with Crippen LogP contribution in [0.1, 0.15) is 0 Å². The van der Waals surface area contributed by atoms with Crippen LogP contribution in [-0.4, -0.2) is 69.8 Å². The van der Waals surface area contributed by atoms with Gasteiger partial charge in [-0.15, -0.1) is 0 Å². The lowest BCUT2D eigenvalue weighted by Crippen LogP contribution is -2.60. The summed E-state index contributed by atoms with van der Waals surface area (Å²) in [5, 5.41) is 39.6. The van der Waals surface area contributed by atoms with Gasteiger partial charge in [0.25, 0.3) is 0 Å². The van der Waals surface area contributed by atoms with Gasteiger partial charge in [0.2, 0.25) is 6.29 Å². The van der Waals surface area contributed by atoms with E-state index < -0.39 is 37.3 Å². The summed E-state index contributed by atoms with van der Waals surface area (Å²) < 4.78 is 16.2. The molecule has 1 aromatic heterocycles. The van der Waals surface area contributed by atoms with Crippen molar-refractivity contribution in [2.24, 2.45) is 0 Å². The quantitative estimate of drug-likeness (QED) is 0.585. The number of methoxy groups -OCH3 is 1. The van der Waals surface area contributed by atoms with Crippen LogP contribution in [0.2, 0.25) is 0 Å². The van der Waals surface area contributed by atoms with Crippen molar-refractivity contribution in [3.05, 3.63) is 30.5 Å². The molecule has 1 aromatic carbocycles. The predicted octanol–water partition coefficient (Wildman–Crippen LogP) is -0.578. The lowest BCUT2D eigenvalue weighted by molar-refractivity contribution is -0.277. The van der Waals surface area contributed by atoms with Crippen LogP contribution < -0.4 is 9.47 Å². The molecule has 8 nitrogen and oxygen atoms in total. The highest BCUT2D eigenvalue weighted by atomic mass is 16.7. The molecule has 130 valence electrons. The summed E-state index contributed by atoms with van der Waals surface area (Å²) in [6.07, 6.45) is -5.13. The molecule has 0 spiro atoms. The first kappa shape index (κ1) is 16.9. The number of aliphatic hydroxyl groups excluding tert-OH is 4. The van der Waals surface area contributed by atoms with Crippen molar-refractivity contribution in [1.29, 1.82) is 0 Å². The van der Waals surface area contributed by atoms with E-state index in [1.54, 1.807) is 31.4 Å². The molecule has 0 aliphatic carbocycles. The Balaban J connectivity index is 1.89. The molecule has 0 radical (unpaired) electrons. The molecule has 1 aliphatic rings. The maximum absolute atomic E-state index is 10.1. The summed E-state index contributed by atoms with van der Waals surface area (Å²) in [5.74, 6) is 1.02. The van der Waals surface area contributed by atoms with Crippen molar-refractivity contribution in [3.63, 3.8) is 0 Å². The molecule has 1 fully saturated rings. The SMILES string of the molecule is COc1ccc2c(O[C@@H]3O[C@H](CO)[C@@H](O)[C@H](O)[C@H]3O)ccnc2c1. The second-order valence-electron chi connectivity index (χ2n) is 5.51. The summed E-state index contributed by atoms with van der Waals surface area (Å²) in [4.78, 5) is 4.23. The number of aromatic nitrogens is 1.